The lowest BCUT2D eigenvalue weighted by Crippen LogP contribution is -2.11. The van der Waals surface area contributed by atoms with E-state index >= 15 is 0 Å². The number of anilines is 1. The van der Waals surface area contributed by atoms with Crippen molar-refractivity contribution in [3.05, 3.63) is 47.5 Å². The summed E-state index contributed by atoms with van der Waals surface area (Å²) in [5, 5.41) is 3.87. The second-order valence-electron chi connectivity index (χ2n) is 4.30. The molecule has 0 fully saturated rings. The SMILES string of the molecule is COc1ccc(OCCNc2cc(OC)ccc2Cl)cc1. The molecule has 5 heteroatoms. The van der Waals surface area contributed by atoms with Crippen molar-refractivity contribution < 1.29 is 14.2 Å². The average molecular weight is 308 g/mol. The minimum Gasteiger partial charge on any atom is -0.497 e. The maximum absolute atomic E-state index is 6.11. The van der Waals surface area contributed by atoms with Gasteiger partial charge < -0.3 is 19.5 Å². The molecule has 0 saturated heterocycles. The van der Waals surface area contributed by atoms with Gasteiger partial charge in [-0.1, -0.05) is 11.6 Å². The molecule has 21 heavy (non-hydrogen) atoms. The quantitative estimate of drug-likeness (QED) is 0.789. The summed E-state index contributed by atoms with van der Waals surface area (Å²) in [6.07, 6.45) is 0. The van der Waals surface area contributed by atoms with Crippen LogP contribution in [0.1, 0.15) is 0 Å². The molecule has 0 saturated carbocycles. The zero-order valence-electron chi connectivity index (χ0n) is 12.1. The van der Waals surface area contributed by atoms with E-state index in [0.717, 1.165) is 22.9 Å². The number of benzene rings is 2. The average Bonchev–Trinajstić information content (AvgIpc) is 2.53. The van der Waals surface area contributed by atoms with Crippen LogP contribution < -0.4 is 19.5 Å². The standard InChI is InChI=1S/C16H18ClNO3/c1-19-12-3-5-13(6-4-12)21-10-9-18-16-11-14(20-2)7-8-15(16)17/h3-8,11,18H,9-10H2,1-2H3. The minimum absolute atomic E-state index is 0.528. The highest BCUT2D eigenvalue weighted by atomic mass is 35.5. The molecular weight excluding hydrogens is 290 g/mol. The van der Waals surface area contributed by atoms with Crippen LogP contribution in [-0.4, -0.2) is 27.4 Å². The second-order valence-corrected chi connectivity index (χ2v) is 4.70. The van der Waals surface area contributed by atoms with Gasteiger partial charge in [-0.2, -0.15) is 0 Å². The van der Waals surface area contributed by atoms with Crippen molar-refractivity contribution in [3.8, 4) is 17.2 Å². The summed E-state index contributed by atoms with van der Waals surface area (Å²) in [5.74, 6) is 2.37. The van der Waals surface area contributed by atoms with Gasteiger partial charge in [0.1, 0.15) is 23.9 Å². The van der Waals surface area contributed by atoms with Gasteiger partial charge in [0.05, 0.1) is 24.9 Å². The molecular formula is C16H18ClNO3. The van der Waals surface area contributed by atoms with Crippen LogP contribution in [-0.2, 0) is 0 Å². The Morgan fingerprint density at radius 2 is 1.52 bits per heavy atom. The molecule has 0 amide bonds. The molecule has 0 spiro atoms. The van der Waals surface area contributed by atoms with Gasteiger partial charge in [0, 0.05) is 12.6 Å². The number of ether oxygens (including phenoxy) is 3. The first kappa shape index (κ1) is 15.3. The Kier molecular flexibility index (Phi) is 5.58. The van der Waals surface area contributed by atoms with Crippen LogP contribution in [0.5, 0.6) is 17.2 Å². The highest BCUT2D eigenvalue weighted by molar-refractivity contribution is 6.33. The van der Waals surface area contributed by atoms with E-state index in [4.69, 9.17) is 25.8 Å². The summed E-state index contributed by atoms with van der Waals surface area (Å²) in [6, 6.07) is 12.9. The van der Waals surface area contributed by atoms with Crippen molar-refractivity contribution >= 4 is 17.3 Å². The number of rotatable bonds is 7. The Hall–Kier alpha value is -2.07. The van der Waals surface area contributed by atoms with Crippen molar-refractivity contribution in [2.45, 2.75) is 0 Å². The maximum Gasteiger partial charge on any atom is 0.121 e. The van der Waals surface area contributed by atoms with Crippen LogP contribution in [0.3, 0.4) is 0 Å². The molecule has 4 nitrogen and oxygen atoms in total. The number of methoxy groups -OCH3 is 2. The van der Waals surface area contributed by atoms with Gasteiger partial charge in [0.25, 0.3) is 0 Å². The van der Waals surface area contributed by atoms with Gasteiger partial charge in [-0.3, -0.25) is 0 Å². The van der Waals surface area contributed by atoms with Crippen LogP contribution >= 0.6 is 11.6 Å². The summed E-state index contributed by atoms with van der Waals surface area (Å²) in [7, 11) is 3.26. The van der Waals surface area contributed by atoms with Crippen molar-refractivity contribution in [1.82, 2.24) is 0 Å². The highest BCUT2D eigenvalue weighted by Gasteiger charge is 2.02. The topological polar surface area (TPSA) is 39.7 Å². The summed E-state index contributed by atoms with van der Waals surface area (Å²) in [4.78, 5) is 0. The molecule has 0 bridgehead atoms. The number of nitrogens with one attached hydrogen (secondary N) is 1. The molecule has 0 atom stereocenters. The maximum atomic E-state index is 6.11. The fourth-order valence-corrected chi connectivity index (χ4v) is 1.98. The van der Waals surface area contributed by atoms with E-state index in [9.17, 15) is 0 Å². The van der Waals surface area contributed by atoms with Crippen LogP contribution in [0.25, 0.3) is 0 Å². The second kappa shape index (κ2) is 7.64. The van der Waals surface area contributed by atoms with E-state index in [-0.39, 0.29) is 0 Å². The molecule has 0 aromatic heterocycles. The fourth-order valence-electron chi connectivity index (χ4n) is 1.79. The van der Waals surface area contributed by atoms with Gasteiger partial charge in [-0.25, -0.2) is 0 Å². The highest BCUT2D eigenvalue weighted by Crippen LogP contribution is 2.26. The third kappa shape index (κ3) is 4.46. The van der Waals surface area contributed by atoms with E-state index < -0.39 is 0 Å². The van der Waals surface area contributed by atoms with Gasteiger partial charge >= 0.3 is 0 Å². The first-order chi connectivity index (χ1) is 10.2. The lowest BCUT2D eigenvalue weighted by Gasteiger charge is -2.11. The van der Waals surface area contributed by atoms with Gasteiger partial charge in [-0.05, 0) is 36.4 Å². The van der Waals surface area contributed by atoms with Crippen LogP contribution in [0.4, 0.5) is 5.69 Å². The normalized spacial score (nSPS) is 10.0. The largest absolute Gasteiger partial charge is 0.497 e. The Bertz CT molecular complexity index is 572. The smallest absolute Gasteiger partial charge is 0.121 e. The lowest BCUT2D eigenvalue weighted by atomic mass is 10.3. The lowest BCUT2D eigenvalue weighted by molar-refractivity contribution is 0.331. The molecule has 2 aromatic carbocycles. The number of hydrogen-bond acceptors (Lipinski definition) is 4. The molecule has 0 unspecified atom stereocenters. The molecule has 2 aromatic rings. The van der Waals surface area contributed by atoms with Crippen LogP contribution in [0.15, 0.2) is 42.5 Å². The molecule has 112 valence electrons. The van der Waals surface area contributed by atoms with E-state index in [1.54, 1.807) is 20.3 Å². The summed E-state index contributed by atoms with van der Waals surface area (Å²) < 4.78 is 15.9. The Morgan fingerprint density at radius 3 is 2.19 bits per heavy atom. The predicted octanol–water partition coefficient (Wildman–Crippen LogP) is 3.85. The van der Waals surface area contributed by atoms with Crippen LogP contribution in [0, 0.1) is 0 Å². The Morgan fingerprint density at radius 1 is 0.905 bits per heavy atom. The molecule has 0 radical (unpaired) electrons. The third-order valence-electron chi connectivity index (χ3n) is 2.92. The van der Waals surface area contributed by atoms with Crippen molar-refractivity contribution in [3.63, 3.8) is 0 Å². The molecule has 0 aliphatic carbocycles. The van der Waals surface area contributed by atoms with Crippen molar-refractivity contribution in [2.24, 2.45) is 0 Å². The summed E-state index contributed by atoms with van der Waals surface area (Å²) >= 11 is 6.11. The molecule has 2 rings (SSSR count). The zero-order chi connectivity index (χ0) is 15.1. The van der Waals surface area contributed by atoms with Gasteiger partial charge in [-0.15, -0.1) is 0 Å². The van der Waals surface area contributed by atoms with Crippen LogP contribution in [0.2, 0.25) is 5.02 Å². The first-order valence-electron chi connectivity index (χ1n) is 6.57. The van der Waals surface area contributed by atoms with E-state index in [1.165, 1.54) is 0 Å². The monoisotopic (exact) mass is 307 g/mol. The number of hydrogen-bond donors (Lipinski definition) is 1. The number of halogens is 1. The summed E-state index contributed by atoms with van der Waals surface area (Å²) in [5.41, 5.74) is 0.828. The van der Waals surface area contributed by atoms with E-state index in [2.05, 4.69) is 5.32 Å². The van der Waals surface area contributed by atoms with Gasteiger partial charge in [0.15, 0.2) is 0 Å². The predicted molar refractivity (Wildman–Crippen MR) is 85.0 cm³/mol. The van der Waals surface area contributed by atoms with E-state index in [1.807, 2.05) is 36.4 Å². The first-order valence-corrected chi connectivity index (χ1v) is 6.95. The Balaban J connectivity index is 1.81. The van der Waals surface area contributed by atoms with E-state index in [0.29, 0.717) is 18.2 Å². The Labute approximate surface area is 129 Å². The molecule has 0 aliphatic heterocycles. The van der Waals surface area contributed by atoms with Gasteiger partial charge in [0.2, 0.25) is 0 Å². The van der Waals surface area contributed by atoms with Crippen molar-refractivity contribution in [1.29, 1.82) is 0 Å². The minimum atomic E-state index is 0.528. The fraction of sp³-hybridized carbons (Fsp3) is 0.250. The molecule has 1 N–H and O–H groups in total. The third-order valence-corrected chi connectivity index (χ3v) is 3.25. The molecule has 0 aliphatic rings. The molecule has 0 heterocycles. The zero-order valence-corrected chi connectivity index (χ0v) is 12.8. The van der Waals surface area contributed by atoms with Crippen molar-refractivity contribution in [2.75, 3.05) is 32.7 Å². The summed E-state index contributed by atoms with van der Waals surface area (Å²) in [6.45, 7) is 1.17.